The number of carbonyl (C=O) groups is 1. The highest BCUT2D eigenvalue weighted by Gasteiger charge is 2.65. The smallest absolute Gasteiger partial charge is 0.319 e. The highest BCUT2D eigenvalue weighted by Crippen LogP contribution is 2.69. The number of hydrogen-bond donors (Lipinski definition) is 2. The van der Waals surface area contributed by atoms with E-state index in [0.717, 1.165) is 29.8 Å². The summed E-state index contributed by atoms with van der Waals surface area (Å²) >= 11 is 0. The van der Waals surface area contributed by atoms with Crippen LogP contribution in [-0.4, -0.2) is 36.2 Å². The van der Waals surface area contributed by atoms with Gasteiger partial charge in [0.05, 0.1) is 33.6 Å². The number of nitrogens with zero attached hydrogens (tertiary/aromatic N) is 6. The van der Waals surface area contributed by atoms with Gasteiger partial charge >= 0.3 is 6.03 Å². The van der Waals surface area contributed by atoms with Crippen LogP contribution in [0.4, 0.5) is 19.5 Å². The minimum absolute atomic E-state index is 0.0767. The van der Waals surface area contributed by atoms with Crippen LogP contribution in [0.3, 0.4) is 0 Å². The zero-order valence-corrected chi connectivity index (χ0v) is 20.0. The quantitative estimate of drug-likeness (QED) is 0.425. The molecule has 2 bridgehead atoms. The summed E-state index contributed by atoms with van der Waals surface area (Å²) in [6.45, 7) is 4.34. The second kappa shape index (κ2) is 8.05. The third kappa shape index (κ3) is 3.30. The molecule has 186 valence electrons. The van der Waals surface area contributed by atoms with Crippen molar-refractivity contribution in [2.75, 3.05) is 5.32 Å². The van der Waals surface area contributed by atoms with E-state index < -0.39 is 23.1 Å². The second-order valence-electron chi connectivity index (χ2n) is 9.90. The predicted octanol–water partition coefficient (Wildman–Crippen LogP) is 4.36. The number of urea groups is 1. The third-order valence-corrected chi connectivity index (χ3v) is 7.84. The Labute approximate surface area is 210 Å². The molecule has 9 nitrogen and oxygen atoms in total. The maximum atomic E-state index is 14.5. The fraction of sp³-hybridized carbons (Fsp3) is 0.269. The first-order valence-electron chi connectivity index (χ1n) is 11.8. The van der Waals surface area contributed by atoms with Crippen molar-refractivity contribution in [3.05, 3.63) is 77.5 Å². The molecular formula is C26H22F2N8O. The standard InChI is InChI=1S/C26H22F2N8O/c1-25(2)15-6-8-26(25,21-14(15)10-18(35-36-21)20-16(27)4-3-5-17(20)28)19-7-9-30-22(33-19)13-11-31-24(32-12-13)34-23(29)37/h3-5,7,9-12,15H,6,8H2,1-2H3,(H3,29,31,32,34,37)/t15-,26+/m0/s1. The number of anilines is 1. The van der Waals surface area contributed by atoms with E-state index in [4.69, 9.17) is 10.7 Å². The summed E-state index contributed by atoms with van der Waals surface area (Å²) in [5, 5.41) is 11.2. The number of rotatable bonds is 4. The predicted molar refractivity (Wildman–Crippen MR) is 130 cm³/mol. The summed E-state index contributed by atoms with van der Waals surface area (Å²) in [4.78, 5) is 28.5. The number of primary amides is 1. The molecule has 0 unspecified atom stereocenters. The van der Waals surface area contributed by atoms with Crippen molar-refractivity contribution in [3.8, 4) is 22.6 Å². The van der Waals surface area contributed by atoms with Gasteiger partial charge < -0.3 is 5.73 Å². The van der Waals surface area contributed by atoms with Crippen LogP contribution in [0.1, 0.15) is 49.6 Å². The van der Waals surface area contributed by atoms with Gasteiger partial charge in [-0.2, -0.15) is 5.10 Å². The first-order chi connectivity index (χ1) is 17.7. The van der Waals surface area contributed by atoms with E-state index in [2.05, 4.69) is 44.3 Å². The molecule has 2 aliphatic carbocycles. The zero-order valence-electron chi connectivity index (χ0n) is 20.0. The van der Waals surface area contributed by atoms with Crippen molar-refractivity contribution in [1.82, 2.24) is 30.1 Å². The van der Waals surface area contributed by atoms with Gasteiger partial charge in [0.2, 0.25) is 5.95 Å². The molecule has 0 aliphatic heterocycles. The van der Waals surface area contributed by atoms with Crippen molar-refractivity contribution in [2.24, 2.45) is 11.1 Å². The van der Waals surface area contributed by atoms with Gasteiger partial charge in [-0.3, -0.25) is 5.32 Å². The van der Waals surface area contributed by atoms with Crippen LogP contribution >= 0.6 is 0 Å². The molecule has 3 N–H and O–H groups in total. The topological polar surface area (TPSA) is 132 Å². The van der Waals surface area contributed by atoms with Gasteiger partial charge in [0, 0.05) is 18.6 Å². The number of carbonyl (C=O) groups excluding carboxylic acids is 1. The molecule has 11 heteroatoms. The lowest BCUT2D eigenvalue weighted by Gasteiger charge is -2.37. The number of nitrogens with two attached hydrogens (primary N) is 1. The van der Waals surface area contributed by atoms with E-state index >= 15 is 0 Å². The van der Waals surface area contributed by atoms with Crippen molar-refractivity contribution in [1.29, 1.82) is 0 Å². The van der Waals surface area contributed by atoms with Crippen molar-refractivity contribution >= 4 is 12.0 Å². The number of hydrogen-bond acceptors (Lipinski definition) is 7. The molecule has 1 aromatic carbocycles. The van der Waals surface area contributed by atoms with Crippen molar-refractivity contribution in [2.45, 2.75) is 38.0 Å². The number of nitrogens with one attached hydrogen (secondary N) is 1. The Kier molecular flexibility index (Phi) is 5.01. The largest absolute Gasteiger partial charge is 0.351 e. The van der Waals surface area contributed by atoms with Gasteiger partial charge in [0.15, 0.2) is 5.82 Å². The number of aromatic nitrogens is 6. The van der Waals surface area contributed by atoms with Gasteiger partial charge in [0.25, 0.3) is 0 Å². The van der Waals surface area contributed by atoms with Crippen LogP contribution in [0.5, 0.6) is 0 Å². The molecule has 3 aromatic heterocycles. The highest BCUT2D eigenvalue weighted by molar-refractivity contribution is 5.85. The van der Waals surface area contributed by atoms with E-state index in [9.17, 15) is 13.6 Å². The van der Waals surface area contributed by atoms with E-state index in [1.54, 1.807) is 12.3 Å². The van der Waals surface area contributed by atoms with Crippen molar-refractivity contribution in [3.63, 3.8) is 0 Å². The molecule has 6 rings (SSSR count). The third-order valence-electron chi connectivity index (χ3n) is 7.84. The maximum absolute atomic E-state index is 14.5. The Balaban J connectivity index is 1.45. The summed E-state index contributed by atoms with van der Waals surface area (Å²) in [6.07, 6.45) is 6.37. The molecule has 0 spiro atoms. The lowest BCUT2D eigenvalue weighted by molar-refractivity contribution is 0.243. The Morgan fingerprint density at radius 1 is 1.08 bits per heavy atom. The molecule has 2 atom stereocenters. The highest BCUT2D eigenvalue weighted by atomic mass is 19.1. The van der Waals surface area contributed by atoms with Gasteiger partial charge in [-0.25, -0.2) is 33.5 Å². The summed E-state index contributed by atoms with van der Waals surface area (Å²) in [5.74, 6) is -0.735. The van der Waals surface area contributed by atoms with Crippen LogP contribution in [0.15, 0.2) is 48.9 Å². The number of amides is 2. The zero-order chi connectivity index (χ0) is 25.9. The Hall–Kier alpha value is -4.41. The van der Waals surface area contributed by atoms with E-state index in [1.807, 2.05) is 6.07 Å². The van der Waals surface area contributed by atoms with Gasteiger partial charge in [-0.15, -0.1) is 5.10 Å². The summed E-state index contributed by atoms with van der Waals surface area (Å²) < 4.78 is 29.0. The minimum Gasteiger partial charge on any atom is -0.351 e. The lowest BCUT2D eigenvalue weighted by atomic mass is 9.66. The number of halogens is 2. The first kappa shape index (κ1) is 23.0. The molecule has 0 radical (unpaired) electrons. The normalized spacial score (nSPS) is 21.0. The molecule has 0 saturated heterocycles. The molecule has 2 amide bonds. The van der Waals surface area contributed by atoms with Crippen molar-refractivity contribution < 1.29 is 13.6 Å². The average Bonchev–Trinajstić information content (AvgIpc) is 3.25. The minimum atomic E-state index is -0.759. The van der Waals surface area contributed by atoms with Crippen LogP contribution in [0, 0.1) is 17.0 Å². The van der Waals surface area contributed by atoms with Crippen LogP contribution in [-0.2, 0) is 5.41 Å². The summed E-state index contributed by atoms with van der Waals surface area (Å²) in [6, 6.07) is 6.65. The molecule has 1 saturated carbocycles. The maximum Gasteiger partial charge on any atom is 0.319 e. The van der Waals surface area contributed by atoms with Crippen LogP contribution < -0.4 is 11.1 Å². The lowest BCUT2D eigenvalue weighted by Crippen LogP contribution is -2.38. The Bertz CT molecular complexity index is 1540. The fourth-order valence-corrected chi connectivity index (χ4v) is 6.11. The monoisotopic (exact) mass is 500 g/mol. The Morgan fingerprint density at radius 2 is 1.81 bits per heavy atom. The average molecular weight is 501 g/mol. The molecule has 37 heavy (non-hydrogen) atoms. The molecule has 3 heterocycles. The van der Waals surface area contributed by atoms with E-state index in [-0.39, 0.29) is 28.5 Å². The van der Waals surface area contributed by atoms with Gasteiger partial charge in [-0.05, 0) is 54.0 Å². The molecule has 2 aliphatic rings. The first-order valence-corrected chi connectivity index (χ1v) is 11.8. The van der Waals surface area contributed by atoms with Gasteiger partial charge in [0.1, 0.15) is 11.6 Å². The van der Waals surface area contributed by atoms with Crippen LogP contribution in [0.25, 0.3) is 22.6 Å². The van der Waals surface area contributed by atoms with E-state index in [0.29, 0.717) is 11.4 Å². The van der Waals surface area contributed by atoms with Crippen LogP contribution in [0.2, 0.25) is 0 Å². The van der Waals surface area contributed by atoms with E-state index in [1.165, 1.54) is 30.6 Å². The molecule has 1 fully saturated rings. The summed E-state index contributed by atoms with van der Waals surface area (Å²) in [5.41, 5.74) is 7.34. The SMILES string of the molecule is CC1(C)[C@H]2CC[C@@]1(c1ccnc(-c3cnc(NC(N)=O)nc3)n1)c1nnc(-c3c(F)cccc3F)cc12. The fourth-order valence-electron chi connectivity index (χ4n) is 6.11. The second-order valence-corrected chi connectivity index (χ2v) is 9.90. The number of benzene rings is 1. The Morgan fingerprint density at radius 3 is 2.51 bits per heavy atom. The molecule has 4 aromatic rings. The summed E-state index contributed by atoms with van der Waals surface area (Å²) in [7, 11) is 0. The molecular weight excluding hydrogens is 478 g/mol. The number of fused-ring (bicyclic) bond motifs is 5. The van der Waals surface area contributed by atoms with Gasteiger partial charge in [-0.1, -0.05) is 19.9 Å².